The predicted octanol–water partition coefficient (Wildman–Crippen LogP) is 5.47. The normalized spacial score (nSPS) is 11.5. The molecule has 4 rings (SSSR count). The zero-order chi connectivity index (χ0) is 21.3. The maximum absolute atomic E-state index is 12.9. The van der Waals surface area contributed by atoms with Crippen LogP contribution in [-0.2, 0) is 6.18 Å². The molecule has 0 bridgehead atoms. The van der Waals surface area contributed by atoms with Gasteiger partial charge in [0.15, 0.2) is 11.6 Å². The van der Waals surface area contributed by atoms with E-state index in [0.717, 1.165) is 23.2 Å². The lowest BCUT2D eigenvalue weighted by Gasteiger charge is -2.14. The molecule has 2 heterocycles. The van der Waals surface area contributed by atoms with Crippen LogP contribution in [0.15, 0.2) is 60.9 Å². The van der Waals surface area contributed by atoms with Crippen LogP contribution < -0.4 is 15.8 Å². The van der Waals surface area contributed by atoms with Crippen molar-refractivity contribution in [3.8, 4) is 11.6 Å². The van der Waals surface area contributed by atoms with E-state index in [0.29, 0.717) is 11.3 Å². The lowest BCUT2D eigenvalue weighted by atomic mass is 10.2. The van der Waals surface area contributed by atoms with E-state index >= 15 is 0 Å². The van der Waals surface area contributed by atoms with Crippen LogP contribution in [0, 0.1) is 6.92 Å². The summed E-state index contributed by atoms with van der Waals surface area (Å²) in [7, 11) is 0. The van der Waals surface area contributed by atoms with Crippen molar-refractivity contribution in [1.29, 1.82) is 0 Å². The number of benzene rings is 2. The molecule has 0 amide bonds. The molecule has 0 spiro atoms. The minimum absolute atomic E-state index is 0.0552. The van der Waals surface area contributed by atoms with Crippen LogP contribution in [0.4, 0.5) is 30.4 Å². The molecule has 6 nitrogen and oxygen atoms in total. The Bertz CT molecular complexity index is 1230. The SMILES string of the molecule is Cc1ccc2cccc(Oc3ncnc(Nc4cccc(C(F)(F)F)c4)c3N)c2n1. The molecule has 0 unspecified atom stereocenters. The fourth-order valence-corrected chi connectivity index (χ4v) is 2.87. The average Bonchev–Trinajstić information content (AvgIpc) is 2.71. The summed E-state index contributed by atoms with van der Waals surface area (Å²) >= 11 is 0. The van der Waals surface area contributed by atoms with Crippen molar-refractivity contribution in [2.75, 3.05) is 11.1 Å². The highest BCUT2D eigenvalue weighted by Gasteiger charge is 2.30. The Kier molecular flexibility index (Phi) is 4.86. The van der Waals surface area contributed by atoms with Crippen molar-refractivity contribution < 1.29 is 17.9 Å². The van der Waals surface area contributed by atoms with Crippen LogP contribution in [0.25, 0.3) is 10.9 Å². The number of alkyl halides is 3. The number of pyridine rings is 1. The van der Waals surface area contributed by atoms with Crippen molar-refractivity contribution in [1.82, 2.24) is 15.0 Å². The summed E-state index contributed by atoms with van der Waals surface area (Å²) in [6.07, 6.45) is -3.24. The fraction of sp³-hybridized carbons (Fsp3) is 0.0952. The third kappa shape index (κ3) is 3.95. The molecule has 0 aliphatic rings. The number of nitrogens with zero attached hydrogens (tertiary/aromatic N) is 3. The van der Waals surface area contributed by atoms with Crippen molar-refractivity contribution in [2.24, 2.45) is 0 Å². The molecule has 0 radical (unpaired) electrons. The zero-order valence-electron chi connectivity index (χ0n) is 15.7. The summed E-state index contributed by atoms with van der Waals surface area (Å²) in [5.41, 5.74) is 7.04. The number of aromatic nitrogens is 3. The molecule has 4 aromatic rings. The van der Waals surface area contributed by atoms with Gasteiger partial charge in [-0.25, -0.2) is 9.97 Å². The number of hydrogen-bond donors (Lipinski definition) is 2. The standard InChI is InChI=1S/C21H16F3N5O/c1-12-8-9-13-4-2-7-16(18(13)28-12)30-20-17(25)19(26-11-27-20)29-15-6-3-5-14(10-15)21(22,23)24/h2-11H,25H2,1H3,(H,26,27,29). The van der Waals surface area contributed by atoms with Crippen molar-refractivity contribution >= 4 is 28.1 Å². The highest BCUT2D eigenvalue weighted by atomic mass is 19.4. The summed E-state index contributed by atoms with van der Waals surface area (Å²) in [6.45, 7) is 1.87. The molecule has 0 fully saturated rings. The molecule has 3 N–H and O–H groups in total. The lowest BCUT2D eigenvalue weighted by Crippen LogP contribution is -2.06. The van der Waals surface area contributed by atoms with E-state index < -0.39 is 11.7 Å². The quantitative estimate of drug-likeness (QED) is 0.463. The Hall–Kier alpha value is -3.88. The summed E-state index contributed by atoms with van der Waals surface area (Å²) in [6, 6.07) is 14.0. The predicted molar refractivity (Wildman–Crippen MR) is 108 cm³/mol. The van der Waals surface area contributed by atoms with E-state index in [2.05, 4.69) is 20.3 Å². The molecule has 0 saturated heterocycles. The lowest BCUT2D eigenvalue weighted by molar-refractivity contribution is -0.137. The summed E-state index contributed by atoms with van der Waals surface area (Å²) < 4.78 is 44.7. The first-order valence-corrected chi connectivity index (χ1v) is 8.90. The van der Waals surface area contributed by atoms with E-state index in [1.807, 2.05) is 31.2 Å². The van der Waals surface area contributed by atoms with Crippen LogP contribution in [0.1, 0.15) is 11.3 Å². The number of hydrogen-bond acceptors (Lipinski definition) is 6. The maximum atomic E-state index is 12.9. The van der Waals surface area contributed by atoms with Crippen molar-refractivity contribution in [3.05, 3.63) is 72.2 Å². The van der Waals surface area contributed by atoms with Gasteiger partial charge in [-0.1, -0.05) is 24.3 Å². The highest BCUT2D eigenvalue weighted by Crippen LogP contribution is 2.35. The Morgan fingerprint density at radius 2 is 1.80 bits per heavy atom. The maximum Gasteiger partial charge on any atom is 0.416 e. The second-order valence-corrected chi connectivity index (χ2v) is 6.53. The van der Waals surface area contributed by atoms with Gasteiger partial charge >= 0.3 is 6.18 Å². The number of anilines is 3. The molecule has 0 saturated carbocycles. The highest BCUT2D eigenvalue weighted by molar-refractivity contribution is 5.85. The second-order valence-electron chi connectivity index (χ2n) is 6.53. The molecular weight excluding hydrogens is 395 g/mol. The first-order chi connectivity index (χ1) is 14.3. The van der Waals surface area contributed by atoms with Gasteiger partial charge in [0.2, 0.25) is 5.88 Å². The Labute approximate surface area is 169 Å². The molecule has 9 heteroatoms. The molecule has 0 aliphatic carbocycles. The van der Waals surface area contributed by atoms with Crippen LogP contribution in [0.2, 0.25) is 0 Å². The van der Waals surface area contributed by atoms with E-state index in [4.69, 9.17) is 10.5 Å². The van der Waals surface area contributed by atoms with Gasteiger partial charge in [0, 0.05) is 16.8 Å². The monoisotopic (exact) mass is 411 g/mol. The van der Waals surface area contributed by atoms with Crippen LogP contribution in [-0.4, -0.2) is 15.0 Å². The van der Waals surface area contributed by atoms with E-state index in [-0.39, 0.29) is 23.1 Å². The van der Waals surface area contributed by atoms with Gasteiger partial charge in [0.05, 0.1) is 5.56 Å². The Balaban J connectivity index is 1.66. The smallest absolute Gasteiger partial charge is 0.416 e. The zero-order valence-corrected chi connectivity index (χ0v) is 15.7. The van der Waals surface area contributed by atoms with E-state index in [9.17, 15) is 13.2 Å². The average molecular weight is 411 g/mol. The minimum atomic E-state index is -4.46. The van der Waals surface area contributed by atoms with E-state index in [1.54, 1.807) is 6.07 Å². The topological polar surface area (TPSA) is 86.0 Å². The van der Waals surface area contributed by atoms with Gasteiger partial charge in [-0.05, 0) is 37.3 Å². The fourth-order valence-electron chi connectivity index (χ4n) is 2.87. The molecule has 30 heavy (non-hydrogen) atoms. The van der Waals surface area contributed by atoms with Gasteiger partial charge in [0.1, 0.15) is 17.5 Å². The number of nitrogens with one attached hydrogen (secondary N) is 1. The van der Waals surface area contributed by atoms with Gasteiger partial charge < -0.3 is 15.8 Å². The third-order valence-corrected chi connectivity index (χ3v) is 4.33. The molecule has 2 aromatic heterocycles. The number of nitrogen functional groups attached to an aromatic ring is 1. The molecular formula is C21H16F3N5O. The van der Waals surface area contributed by atoms with Gasteiger partial charge in [0.25, 0.3) is 0 Å². The number of halogens is 3. The largest absolute Gasteiger partial charge is 0.435 e. The number of ether oxygens (including phenoxy) is 1. The summed E-state index contributed by atoms with van der Waals surface area (Å²) in [5, 5.41) is 3.67. The first kappa shape index (κ1) is 19.4. The first-order valence-electron chi connectivity index (χ1n) is 8.90. The molecule has 2 aromatic carbocycles. The Morgan fingerprint density at radius 1 is 1.00 bits per heavy atom. The molecule has 0 atom stereocenters. The minimum Gasteiger partial charge on any atom is -0.435 e. The number of para-hydroxylation sites is 1. The van der Waals surface area contributed by atoms with Gasteiger partial charge in [-0.3, -0.25) is 0 Å². The second kappa shape index (κ2) is 7.51. The summed E-state index contributed by atoms with van der Waals surface area (Å²) in [5.74, 6) is 0.644. The molecule has 0 aliphatic heterocycles. The van der Waals surface area contributed by atoms with Gasteiger partial charge in [-0.15, -0.1) is 0 Å². The molecule has 152 valence electrons. The van der Waals surface area contributed by atoms with Crippen molar-refractivity contribution in [2.45, 2.75) is 13.1 Å². The number of fused-ring (bicyclic) bond motifs is 1. The van der Waals surface area contributed by atoms with Gasteiger partial charge in [-0.2, -0.15) is 18.2 Å². The van der Waals surface area contributed by atoms with Crippen LogP contribution >= 0.6 is 0 Å². The third-order valence-electron chi connectivity index (χ3n) is 4.33. The number of rotatable bonds is 4. The summed E-state index contributed by atoms with van der Waals surface area (Å²) in [4.78, 5) is 12.6. The number of nitrogens with two attached hydrogens (primary N) is 1. The van der Waals surface area contributed by atoms with Crippen LogP contribution in [0.5, 0.6) is 11.6 Å². The van der Waals surface area contributed by atoms with E-state index in [1.165, 1.54) is 18.5 Å². The Morgan fingerprint density at radius 3 is 2.60 bits per heavy atom. The van der Waals surface area contributed by atoms with Crippen molar-refractivity contribution in [3.63, 3.8) is 0 Å². The van der Waals surface area contributed by atoms with Crippen LogP contribution in [0.3, 0.4) is 0 Å². The number of aryl methyl sites for hydroxylation is 1.